The molecule has 0 N–H and O–H groups in total. The van der Waals surface area contributed by atoms with Gasteiger partial charge in [-0.1, -0.05) is 18.6 Å². The molecule has 118 valence electrons. The van der Waals surface area contributed by atoms with Crippen LogP contribution in [0.3, 0.4) is 0 Å². The zero-order valence-corrected chi connectivity index (χ0v) is 12.1. The minimum Gasteiger partial charge on any atom is -0.548 e. The van der Waals surface area contributed by atoms with Gasteiger partial charge in [0.05, 0.1) is 24.2 Å². The number of hydrogen-bond acceptors (Lipinski definition) is 4. The number of carbonyl (C=O) groups excluding carboxylic acids is 2. The molecule has 0 radical (unpaired) electrons. The lowest BCUT2D eigenvalue weighted by Gasteiger charge is -2.42. The van der Waals surface area contributed by atoms with Crippen LogP contribution in [0.2, 0.25) is 0 Å². The molecule has 0 aromatic heterocycles. The third-order valence-corrected chi connectivity index (χ3v) is 4.49. The number of carboxylic acids is 1. The lowest BCUT2D eigenvalue weighted by molar-refractivity contribution is -0.310. The van der Waals surface area contributed by atoms with Gasteiger partial charge in [-0.3, -0.25) is 9.69 Å². The van der Waals surface area contributed by atoms with Crippen LogP contribution >= 0.6 is 0 Å². The maximum atomic E-state index is 13.9. The highest BCUT2D eigenvalue weighted by Gasteiger charge is 2.51. The Bertz CT molecular complexity index is 598. The van der Waals surface area contributed by atoms with E-state index >= 15 is 0 Å². The van der Waals surface area contributed by atoms with Crippen LogP contribution in [0.25, 0.3) is 0 Å². The van der Waals surface area contributed by atoms with Crippen molar-refractivity contribution in [3.63, 3.8) is 0 Å². The fourth-order valence-electron chi connectivity index (χ4n) is 3.42. The second-order valence-corrected chi connectivity index (χ2v) is 5.81. The summed E-state index contributed by atoms with van der Waals surface area (Å²) in [4.78, 5) is 25.3. The second kappa shape index (κ2) is 5.68. The SMILES string of the molecule is O=C([O-])[C@@H]1COC2(CCCCC2)N1C(=O)c1ccccc1F. The van der Waals surface area contributed by atoms with Crippen molar-refractivity contribution in [1.82, 2.24) is 4.90 Å². The van der Waals surface area contributed by atoms with Crippen molar-refractivity contribution >= 4 is 11.9 Å². The van der Waals surface area contributed by atoms with Crippen LogP contribution in [0.15, 0.2) is 24.3 Å². The Hall–Kier alpha value is -1.95. The van der Waals surface area contributed by atoms with Gasteiger partial charge in [0.15, 0.2) is 0 Å². The van der Waals surface area contributed by atoms with Crippen molar-refractivity contribution < 1.29 is 23.8 Å². The monoisotopic (exact) mass is 306 g/mol. The summed E-state index contributed by atoms with van der Waals surface area (Å²) in [6, 6.07) is 4.41. The molecule has 1 aliphatic carbocycles. The van der Waals surface area contributed by atoms with Gasteiger partial charge < -0.3 is 14.6 Å². The molecule has 1 saturated carbocycles. The summed E-state index contributed by atoms with van der Waals surface area (Å²) in [7, 11) is 0. The zero-order chi connectivity index (χ0) is 15.7. The summed E-state index contributed by atoms with van der Waals surface area (Å²) in [6.45, 7) is -0.109. The van der Waals surface area contributed by atoms with Crippen molar-refractivity contribution in [3.05, 3.63) is 35.6 Å². The number of hydrogen-bond donors (Lipinski definition) is 0. The van der Waals surface area contributed by atoms with Gasteiger partial charge in [0.1, 0.15) is 11.5 Å². The maximum absolute atomic E-state index is 13.9. The number of ether oxygens (including phenoxy) is 1. The summed E-state index contributed by atoms with van der Waals surface area (Å²) in [5.74, 6) is -2.68. The first-order chi connectivity index (χ1) is 10.6. The van der Waals surface area contributed by atoms with Gasteiger partial charge >= 0.3 is 0 Å². The van der Waals surface area contributed by atoms with Crippen LogP contribution in [0.1, 0.15) is 42.5 Å². The number of amides is 1. The molecule has 1 aromatic carbocycles. The lowest BCUT2D eigenvalue weighted by atomic mass is 9.89. The number of benzene rings is 1. The zero-order valence-electron chi connectivity index (χ0n) is 12.1. The van der Waals surface area contributed by atoms with Crippen LogP contribution in [0.5, 0.6) is 0 Å². The largest absolute Gasteiger partial charge is 0.548 e. The number of carbonyl (C=O) groups is 2. The normalized spacial score (nSPS) is 23.7. The van der Waals surface area contributed by atoms with Gasteiger partial charge in [-0.15, -0.1) is 0 Å². The topological polar surface area (TPSA) is 69.7 Å². The lowest BCUT2D eigenvalue weighted by Crippen LogP contribution is -2.57. The Morgan fingerprint density at radius 2 is 1.91 bits per heavy atom. The van der Waals surface area contributed by atoms with Crippen molar-refractivity contribution in [2.45, 2.75) is 43.9 Å². The summed E-state index contributed by atoms with van der Waals surface area (Å²) in [5, 5.41) is 11.4. The summed E-state index contributed by atoms with van der Waals surface area (Å²) < 4.78 is 19.6. The number of aliphatic carboxylic acids is 1. The Morgan fingerprint density at radius 1 is 1.23 bits per heavy atom. The average Bonchev–Trinajstić information content (AvgIpc) is 2.87. The standard InChI is InChI=1S/C16H18FNO4/c17-12-7-3-2-6-11(12)14(19)18-13(15(20)21)10-22-16(18)8-4-1-5-9-16/h2-3,6-7,13H,1,4-5,8-10H2,(H,20,21)/p-1/t13-/m0/s1. The van der Waals surface area contributed by atoms with Crippen LogP contribution in [0, 0.1) is 5.82 Å². The molecule has 22 heavy (non-hydrogen) atoms. The molecular weight excluding hydrogens is 289 g/mol. The quantitative estimate of drug-likeness (QED) is 0.820. The van der Waals surface area contributed by atoms with E-state index in [0.717, 1.165) is 19.3 Å². The van der Waals surface area contributed by atoms with Crippen molar-refractivity contribution in [3.8, 4) is 0 Å². The molecule has 0 bridgehead atoms. The Balaban J connectivity index is 2.00. The fraction of sp³-hybridized carbons (Fsp3) is 0.500. The molecule has 2 aliphatic rings. The van der Waals surface area contributed by atoms with Crippen LogP contribution in [0.4, 0.5) is 4.39 Å². The fourth-order valence-corrected chi connectivity index (χ4v) is 3.42. The third-order valence-electron chi connectivity index (χ3n) is 4.49. The van der Waals surface area contributed by atoms with E-state index in [1.807, 2.05) is 0 Å². The van der Waals surface area contributed by atoms with E-state index in [1.165, 1.54) is 23.1 Å². The first kappa shape index (κ1) is 15.0. The second-order valence-electron chi connectivity index (χ2n) is 5.81. The van der Waals surface area contributed by atoms with Crippen LogP contribution < -0.4 is 5.11 Å². The van der Waals surface area contributed by atoms with E-state index in [9.17, 15) is 19.1 Å². The summed E-state index contributed by atoms with van der Waals surface area (Å²) in [5.41, 5.74) is -1.08. The molecule has 1 aromatic rings. The maximum Gasteiger partial charge on any atom is 0.259 e. The predicted molar refractivity (Wildman–Crippen MR) is 73.1 cm³/mol. The summed E-state index contributed by atoms with van der Waals surface area (Å²) >= 11 is 0. The van der Waals surface area contributed by atoms with Gasteiger partial charge in [0.2, 0.25) is 0 Å². The minimum absolute atomic E-state index is 0.109. The van der Waals surface area contributed by atoms with Gasteiger partial charge in [0.25, 0.3) is 5.91 Å². The highest BCUT2D eigenvalue weighted by Crippen LogP contribution is 2.41. The van der Waals surface area contributed by atoms with E-state index in [4.69, 9.17) is 4.74 Å². The van der Waals surface area contributed by atoms with Crippen LogP contribution in [-0.2, 0) is 9.53 Å². The molecule has 1 amide bonds. The highest BCUT2D eigenvalue weighted by molar-refractivity contribution is 5.97. The predicted octanol–water partition coefficient (Wildman–Crippen LogP) is 1.08. The van der Waals surface area contributed by atoms with Crippen molar-refractivity contribution in [2.24, 2.45) is 0 Å². The highest BCUT2D eigenvalue weighted by atomic mass is 19.1. The van der Waals surface area contributed by atoms with E-state index < -0.39 is 29.5 Å². The number of carboxylic acid groups (broad SMARTS) is 1. The molecule has 2 fully saturated rings. The van der Waals surface area contributed by atoms with Gasteiger partial charge in [-0.2, -0.15) is 0 Å². The van der Waals surface area contributed by atoms with E-state index in [2.05, 4.69) is 0 Å². The van der Waals surface area contributed by atoms with Gasteiger partial charge in [0, 0.05) is 0 Å². The molecule has 3 rings (SSSR count). The first-order valence-corrected chi connectivity index (χ1v) is 7.48. The number of rotatable bonds is 2. The molecule has 1 saturated heterocycles. The molecule has 1 heterocycles. The molecule has 5 nitrogen and oxygen atoms in total. The van der Waals surface area contributed by atoms with E-state index in [0.29, 0.717) is 12.8 Å². The Kier molecular flexibility index (Phi) is 3.87. The molecule has 0 unspecified atom stereocenters. The first-order valence-electron chi connectivity index (χ1n) is 7.48. The molecule has 1 atom stereocenters. The van der Waals surface area contributed by atoms with Crippen LogP contribution in [-0.4, -0.2) is 35.2 Å². The average molecular weight is 306 g/mol. The third kappa shape index (κ3) is 2.37. The van der Waals surface area contributed by atoms with E-state index in [-0.39, 0.29) is 12.2 Å². The van der Waals surface area contributed by atoms with Crippen molar-refractivity contribution in [1.29, 1.82) is 0 Å². The Labute approximate surface area is 127 Å². The smallest absolute Gasteiger partial charge is 0.259 e. The molecular formula is C16H17FNO4-. The van der Waals surface area contributed by atoms with Gasteiger partial charge in [-0.05, 0) is 37.8 Å². The molecule has 1 aliphatic heterocycles. The Morgan fingerprint density at radius 3 is 2.55 bits per heavy atom. The molecule has 1 spiro atoms. The minimum atomic E-state index is -1.37. The number of nitrogens with zero attached hydrogens (tertiary/aromatic N) is 1. The van der Waals surface area contributed by atoms with Crippen molar-refractivity contribution in [2.75, 3.05) is 6.61 Å². The van der Waals surface area contributed by atoms with E-state index in [1.54, 1.807) is 6.07 Å². The number of halogens is 1. The van der Waals surface area contributed by atoms with Gasteiger partial charge in [-0.25, -0.2) is 4.39 Å². The molecule has 6 heteroatoms. The summed E-state index contributed by atoms with van der Waals surface area (Å²) in [6.07, 6.45) is 3.85.